The molecule has 15 heavy (non-hydrogen) atoms. The van der Waals surface area contributed by atoms with E-state index < -0.39 is 0 Å². The highest BCUT2D eigenvalue weighted by atomic mass is 32.2. The van der Waals surface area contributed by atoms with Crippen molar-refractivity contribution in [3.63, 3.8) is 0 Å². The van der Waals surface area contributed by atoms with E-state index in [-0.39, 0.29) is 5.41 Å². The predicted molar refractivity (Wildman–Crippen MR) is 73.0 cm³/mol. The molecule has 0 fully saturated rings. The molecule has 0 amide bonds. The van der Waals surface area contributed by atoms with Crippen molar-refractivity contribution >= 4 is 10.9 Å². The number of hydrogen-bond acceptors (Lipinski definition) is 0. The molecule has 0 saturated carbocycles. The van der Waals surface area contributed by atoms with Crippen LogP contribution >= 0.6 is 0 Å². The summed E-state index contributed by atoms with van der Waals surface area (Å²) in [6.45, 7) is 16.4. The summed E-state index contributed by atoms with van der Waals surface area (Å²) in [5.74, 6) is 3.86. The van der Waals surface area contributed by atoms with Gasteiger partial charge in [0.1, 0.15) is 0 Å². The molecule has 0 aliphatic carbocycles. The van der Waals surface area contributed by atoms with E-state index in [1.54, 1.807) is 0 Å². The molecule has 0 aromatic heterocycles. The first-order valence-corrected chi connectivity index (χ1v) is 7.24. The van der Waals surface area contributed by atoms with Gasteiger partial charge in [0.2, 0.25) is 0 Å². The zero-order valence-corrected chi connectivity index (χ0v) is 12.2. The smallest absolute Gasteiger partial charge is 0.0910 e. The summed E-state index contributed by atoms with van der Waals surface area (Å²) in [6.07, 6.45) is 4.79. The Hall–Kier alpha value is 0.0900. The van der Waals surface area contributed by atoms with E-state index in [0.29, 0.717) is 21.1 Å². The molecule has 0 bridgehead atoms. The lowest BCUT2D eigenvalue weighted by molar-refractivity contribution is 0.542. The van der Waals surface area contributed by atoms with Crippen molar-refractivity contribution in [2.45, 2.75) is 53.2 Å². The van der Waals surface area contributed by atoms with Crippen LogP contribution in [-0.4, -0.2) is 10.5 Å². The standard InChI is InChI=1S/C14H26S/c1-12(2,3)15-10-13(4,5)8-9-14(6,7)11-15/h8-10H,11H2,1-7H3. The average Bonchev–Trinajstić information content (AvgIpc) is 2.07. The largest absolute Gasteiger partial charge is 0.161 e. The molecule has 0 aromatic rings. The Kier molecular flexibility index (Phi) is 3.36. The number of hydrogen-bond donors (Lipinski definition) is 0. The molecule has 1 aliphatic rings. The molecule has 0 radical (unpaired) electrons. The fraction of sp³-hybridized carbons (Fsp3) is 0.786. The van der Waals surface area contributed by atoms with Crippen molar-refractivity contribution in [3.05, 3.63) is 17.9 Å². The maximum Gasteiger partial charge on any atom is 0.0910 e. The number of allylic oxidation sites excluding steroid dienone is 2. The zero-order valence-electron chi connectivity index (χ0n) is 11.3. The van der Waals surface area contributed by atoms with Crippen LogP contribution in [0.5, 0.6) is 0 Å². The van der Waals surface area contributed by atoms with Crippen LogP contribution in [0.15, 0.2) is 12.2 Å². The van der Waals surface area contributed by atoms with Crippen molar-refractivity contribution in [1.29, 1.82) is 0 Å². The molecule has 1 atom stereocenters. The van der Waals surface area contributed by atoms with E-state index in [1.165, 1.54) is 5.75 Å². The van der Waals surface area contributed by atoms with Gasteiger partial charge < -0.3 is 0 Å². The lowest BCUT2D eigenvalue weighted by Crippen LogP contribution is -2.37. The second-order valence-corrected chi connectivity index (χ2v) is 9.55. The molecule has 0 N–H and O–H groups in total. The minimum atomic E-state index is 0.254. The second kappa shape index (κ2) is 3.84. The molecule has 1 heterocycles. The topological polar surface area (TPSA) is 0 Å². The first-order valence-electron chi connectivity index (χ1n) is 5.78. The Morgan fingerprint density at radius 1 is 1.07 bits per heavy atom. The molecule has 0 aromatic carbocycles. The summed E-state index contributed by atoms with van der Waals surface area (Å²) in [5.41, 5.74) is 0.602. The summed E-state index contributed by atoms with van der Waals surface area (Å²) in [4.78, 5) is 0. The van der Waals surface area contributed by atoms with E-state index in [4.69, 9.17) is 0 Å². The van der Waals surface area contributed by atoms with E-state index in [9.17, 15) is 0 Å². The molecule has 0 spiro atoms. The van der Waals surface area contributed by atoms with Crippen LogP contribution in [0.2, 0.25) is 0 Å². The normalized spacial score (nSPS) is 29.9. The molecule has 0 nitrogen and oxygen atoms in total. The molecule has 1 unspecified atom stereocenters. The van der Waals surface area contributed by atoms with Crippen LogP contribution in [0.1, 0.15) is 48.5 Å². The summed E-state index contributed by atoms with van der Waals surface area (Å²) < 4.78 is 0.403. The van der Waals surface area contributed by atoms with Gasteiger partial charge in [-0.05, 0) is 20.8 Å². The third-order valence-electron chi connectivity index (χ3n) is 2.72. The van der Waals surface area contributed by atoms with Crippen LogP contribution in [0.4, 0.5) is 0 Å². The quantitative estimate of drug-likeness (QED) is 0.330. The van der Waals surface area contributed by atoms with Crippen molar-refractivity contribution in [1.82, 2.24) is 0 Å². The van der Waals surface area contributed by atoms with Crippen molar-refractivity contribution in [3.8, 4) is 0 Å². The Bertz CT molecular complexity index is 233. The van der Waals surface area contributed by atoms with E-state index in [0.717, 1.165) is 0 Å². The molecule has 1 aliphatic heterocycles. The SMILES string of the molecule is CC1(C)C=CC(C)(C)C[S+](C(C)(C)C)[CH-]1. The highest BCUT2D eigenvalue weighted by Crippen LogP contribution is 2.40. The summed E-state index contributed by atoms with van der Waals surface area (Å²) in [6, 6.07) is 0. The minimum Gasteiger partial charge on any atom is -0.161 e. The Labute approximate surface area is 98.9 Å². The predicted octanol–water partition coefficient (Wildman–Crippen LogP) is 4.19. The van der Waals surface area contributed by atoms with Crippen LogP contribution in [0.25, 0.3) is 0 Å². The van der Waals surface area contributed by atoms with Gasteiger partial charge in [0.05, 0.1) is 10.5 Å². The maximum absolute atomic E-state index is 2.57. The average molecular weight is 226 g/mol. The third-order valence-corrected chi connectivity index (χ3v) is 6.24. The fourth-order valence-corrected chi connectivity index (χ4v) is 4.31. The van der Waals surface area contributed by atoms with Gasteiger partial charge in [-0.1, -0.05) is 44.9 Å². The van der Waals surface area contributed by atoms with Crippen molar-refractivity contribution in [2.75, 3.05) is 5.75 Å². The molecule has 1 heteroatoms. The van der Waals surface area contributed by atoms with Crippen molar-refractivity contribution < 1.29 is 0 Å². The highest BCUT2D eigenvalue weighted by Gasteiger charge is 2.36. The van der Waals surface area contributed by atoms with E-state index >= 15 is 0 Å². The molecule has 88 valence electrons. The van der Waals surface area contributed by atoms with Gasteiger partial charge in [0, 0.05) is 5.41 Å². The molecule has 0 saturated heterocycles. The zero-order chi connectivity index (χ0) is 11.9. The number of rotatable bonds is 0. The van der Waals surface area contributed by atoms with Gasteiger partial charge in [-0.25, -0.2) is 0 Å². The van der Waals surface area contributed by atoms with Gasteiger partial charge in [-0.15, -0.1) is 6.08 Å². The first kappa shape index (κ1) is 13.2. The lowest BCUT2D eigenvalue weighted by Gasteiger charge is -2.37. The fourth-order valence-electron chi connectivity index (χ4n) is 1.73. The van der Waals surface area contributed by atoms with Gasteiger partial charge in [-0.3, -0.25) is 0 Å². The Morgan fingerprint density at radius 2 is 1.60 bits per heavy atom. The lowest BCUT2D eigenvalue weighted by atomic mass is 9.89. The third kappa shape index (κ3) is 3.86. The van der Waals surface area contributed by atoms with Gasteiger partial charge >= 0.3 is 0 Å². The van der Waals surface area contributed by atoms with Gasteiger partial charge in [0.15, 0.2) is 0 Å². The van der Waals surface area contributed by atoms with Gasteiger partial charge in [0.25, 0.3) is 0 Å². The molecule has 1 rings (SSSR count). The first-order chi connectivity index (χ1) is 6.52. The summed E-state index contributed by atoms with van der Waals surface area (Å²) in [5, 5.41) is 0. The van der Waals surface area contributed by atoms with Gasteiger partial charge in [-0.2, -0.15) is 10.9 Å². The van der Waals surface area contributed by atoms with Crippen molar-refractivity contribution in [2.24, 2.45) is 10.8 Å². The Morgan fingerprint density at radius 3 is 2.07 bits per heavy atom. The minimum absolute atomic E-state index is 0.254. The van der Waals surface area contributed by atoms with Crippen LogP contribution in [0.3, 0.4) is 0 Å². The summed E-state index contributed by atoms with van der Waals surface area (Å²) >= 11 is 0. The molecular formula is C14H26S. The highest BCUT2D eigenvalue weighted by molar-refractivity contribution is 8.00. The van der Waals surface area contributed by atoms with Crippen LogP contribution in [-0.2, 0) is 10.9 Å². The second-order valence-electron chi connectivity index (χ2n) is 6.95. The van der Waals surface area contributed by atoms with Crippen LogP contribution < -0.4 is 0 Å². The monoisotopic (exact) mass is 226 g/mol. The van der Waals surface area contributed by atoms with Crippen LogP contribution in [0, 0.1) is 16.6 Å². The van der Waals surface area contributed by atoms with E-state index in [2.05, 4.69) is 66.4 Å². The molecular weight excluding hydrogens is 200 g/mol. The Balaban J connectivity index is 2.96. The summed E-state index contributed by atoms with van der Waals surface area (Å²) in [7, 11) is 0.394. The maximum atomic E-state index is 2.57. The van der Waals surface area contributed by atoms with E-state index in [1.807, 2.05) is 0 Å².